The van der Waals surface area contributed by atoms with Crippen LogP contribution in [0.3, 0.4) is 0 Å². The van der Waals surface area contributed by atoms with Crippen molar-refractivity contribution in [3.63, 3.8) is 0 Å². The Balaban J connectivity index is 1.71. The summed E-state index contributed by atoms with van der Waals surface area (Å²) in [7, 11) is 0. The fourth-order valence-electron chi connectivity index (χ4n) is 3.32. The monoisotopic (exact) mass is 321 g/mol. The first kappa shape index (κ1) is 14.7. The summed E-state index contributed by atoms with van der Waals surface area (Å²) < 4.78 is 1.95. The molecule has 1 fully saturated rings. The number of carbonyl (C=O) groups excluding carboxylic acids is 1. The predicted molar refractivity (Wildman–Crippen MR) is 91.0 cm³/mol. The van der Waals surface area contributed by atoms with Gasteiger partial charge in [-0.05, 0) is 26.0 Å². The highest BCUT2D eigenvalue weighted by Crippen LogP contribution is 2.29. The van der Waals surface area contributed by atoms with E-state index < -0.39 is 0 Å². The van der Waals surface area contributed by atoms with E-state index in [-0.39, 0.29) is 11.8 Å². The van der Waals surface area contributed by atoms with Crippen molar-refractivity contribution in [3.05, 3.63) is 53.7 Å². The minimum absolute atomic E-state index is 0.0854. The van der Waals surface area contributed by atoms with Crippen LogP contribution in [0.4, 0.5) is 0 Å². The van der Waals surface area contributed by atoms with Crippen LogP contribution in [0.2, 0.25) is 0 Å². The third-order valence-corrected chi connectivity index (χ3v) is 4.52. The molecule has 24 heavy (non-hydrogen) atoms. The lowest BCUT2D eigenvalue weighted by Crippen LogP contribution is -2.13. The van der Waals surface area contributed by atoms with Gasteiger partial charge >= 0.3 is 0 Å². The van der Waals surface area contributed by atoms with Gasteiger partial charge in [-0.15, -0.1) is 0 Å². The fourth-order valence-corrected chi connectivity index (χ4v) is 3.32. The number of hydrogen-bond acceptors (Lipinski definition) is 3. The molecule has 0 bridgehead atoms. The Labute approximate surface area is 139 Å². The van der Waals surface area contributed by atoms with Crippen molar-refractivity contribution in [2.24, 2.45) is 0 Å². The van der Waals surface area contributed by atoms with Crippen molar-refractivity contribution in [3.8, 4) is 16.9 Å². The van der Waals surface area contributed by atoms with E-state index in [1.54, 1.807) is 0 Å². The average molecular weight is 321 g/mol. The molecular formula is C18H19N5O. The molecule has 1 atom stereocenters. The molecule has 0 unspecified atom stereocenters. The van der Waals surface area contributed by atoms with Gasteiger partial charge in [-0.25, -0.2) is 9.67 Å². The average Bonchev–Trinajstić information content (AvgIpc) is 3.28. The third kappa shape index (κ3) is 2.40. The van der Waals surface area contributed by atoms with Crippen molar-refractivity contribution in [1.82, 2.24) is 25.1 Å². The van der Waals surface area contributed by atoms with Gasteiger partial charge in [0.2, 0.25) is 5.91 Å². The number of amides is 1. The summed E-state index contributed by atoms with van der Waals surface area (Å²) in [6.07, 6.45) is 2.33. The Morgan fingerprint density at radius 1 is 1.21 bits per heavy atom. The zero-order chi connectivity index (χ0) is 16.7. The van der Waals surface area contributed by atoms with Gasteiger partial charge in [-0.3, -0.25) is 4.79 Å². The molecule has 6 nitrogen and oxygen atoms in total. The van der Waals surface area contributed by atoms with Crippen LogP contribution >= 0.6 is 0 Å². The molecule has 3 aromatic rings. The molecule has 122 valence electrons. The van der Waals surface area contributed by atoms with Gasteiger partial charge in [0.15, 0.2) is 0 Å². The van der Waals surface area contributed by atoms with Crippen LogP contribution in [0.5, 0.6) is 0 Å². The highest BCUT2D eigenvalue weighted by atomic mass is 16.1. The summed E-state index contributed by atoms with van der Waals surface area (Å²) >= 11 is 0. The molecule has 6 heteroatoms. The number of carbonyl (C=O) groups is 1. The molecule has 1 amide bonds. The zero-order valence-electron chi connectivity index (χ0n) is 13.7. The first-order valence-corrected chi connectivity index (χ1v) is 8.07. The first-order chi connectivity index (χ1) is 11.6. The second-order valence-electron chi connectivity index (χ2n) is 6.18. The van der Waals surface area contributed by atoms with Gasteiger partial charge < -0.3 is 10.3 Å². The lowest BCUT2D eigenvalue weighted by molar-refractivity contribution is -0.119. The van der Waals surface area contributed by atoms with Gasteiger partial charge in [0.25, 0.3) is 0 Å². The Hall–Kier alpha value is -2.89. The Morgan fingerprint density at radius 3 is 2.71 bits per heavy atom. The van der Waals surface area contributed by atoms with Crippen molar-refractivity contribution >= 4 is 5.91 Å². The number of H-pyrrole nitrogens is 1. The number of aryl methyl sites for hydroxylation is 1. The normalized spacial score (nSPS) is 17.2. The zero-order valence-corrected chi connectivity index (χ0v) is 13.7. The Bertz CT molecular complexity index is 894. The van der Waals surface area contributed by atoms with Crippen LogP contribution in [-0.2, 0) is 4.79 Å². The Morgan fingerprint density at radius 2 is 2.00 bits per heavy atom. The van der Waals surface area contributed by atoms with Crippen LogP contribution in [-0.4, -0.2) is 32.2 Å². The molecule has 0 spiro atoms. The molecule has 2 aromatic heterocycles. The maximum atomic E-state index is 11.4. The van der Waals surface area contributed by atoms with Gasteiger partial charge in [0.1, 0.15) is 5.82 Å². The largest absolute Gasteiger partial charge is 0.355 e. The summed E-state index contributed by atoms with van der Waals surface area (Å²) in [6, 6.07) is 10.1. The standard InChI is InChI=1S/C18H19N5O/c1-11-17(12(2)23(22-11)14-6-4-3-5-7-14)15-10-20-18(21-15)13-8-16(24)19-9-13/h3-7,10,13H,8-9H2,1-2H3,(H,19,24)(H,20,21)/t13-/m0/s1. The van der Waals surface area contributed by atoms with Crippen molar-refractivity contribution in [2.75, 3.05) is 6.54 Å². The van der Waals surface area contributed by atoms with E-state index >= 15 is 0 Å². The van der Waals surface area contributed by atoms with Gasteiger partial charge in [0, 0.05) is 24.4 Å². The summed E-state index contributed by atoms with van der Waals surface area (Å²) in [4.78, 5) is 19.3. The summed E-state index contributed by atoms with van der Waals surface area (Å²) in [5, 5.41) is 7.53. The van der Waals surface area contributed by atoms with E-state index in [0.29, 0.717) is 13.0 Å². The van der Waals surface area contributed by atoms with E-state index in [2.05, 4.69) is 27.3 Å². The topological polar surface area (TPSA) is 75.6 Å². The molecule has 1 saturated heterocycles. The van der Waals surface area contributed by atoms with Crippen molar-refractivity contribution in [2.45, 2.75) is 26.2 Å². The maximum absolute atomic E-state index is 11.4. The highest BCUT2D eigenvalue weighted by Gasteiger charge is 2.26. The van der Waals surface area contributed by atoms with E-state index in [1.165, 1.54) is 0 Å². The maximum Gasteiger partial charge on any atom is 0.220 e. The number of aromatic nitrogens is 4. The summed E-state index contributed by atoms with van der Waals surface area (Å²) in [6.45, 7) is 4.71. The molecule has 0 aliphatic carbocycles. The van der Waals surface area contributed by atoms with Crippen LogP contribution in [0.1, 0.15) is 29.6 Å². The molecule has 1 aliphatic rings. The molecule has 1 aliphatic heterocycles. The van der Waals surface area contributed by atoms with Crippen LogP contribution < -0.4 is 5.32 Å². The number of rotatable bonds is 3. The molecule has 3 heterocycles. The smallest absolute Gasteiger partial charge is 0.220 e. The molecular weight excluding hydrogens is 302 g/mol. The second kappa shape index (κ2) is 5.63. The number of hydrogen-bond donors (Lipinski definition) is 2. The van der Waals surface area contributed by atoms with Crippen molar-refractivity contribution in [1.29, 1.82) is 0 Å². The van der Waals surface area contributed by atoms with E-state index in [1.807, 2.05) is 48.1 Å². The lowest BCUT2D eigenvalue weighted by atomic mass is 10.1. The first-order valence-electron chi connectivity index (χ1n) is 8.07. The molecule has 1 aromatic carbocycles. The number of nitrogens with zero attached hydrogens (tertiary/aromatic N) is 3. The van der Waals surface area contributed by atoms with E-state index in [0.717, 1.165) is 34.2 Å². The number of imidazole rings is 1. The van der Waals surface area contributed by atoms with E-state index in [4.69, 9.17) is 0 Å². The van der Waals surface area contributed by atoms with Gasteiger partial charge in [-0.2, -0.15) is 5.10 Å². The molecule has 2 N–H and O–H groups in total. The summed E-state index contributed by atoms with van der Waals surface area (Å²) in [5.41, 5.74) is 5.06. The number of nitrogens with one attached hydrogen (secondary N) is 2. The van der Waals surface area contributed by atoms with E-state index in [9.17, 15) is 4.79 Å². The number of aromatic amines is 1. The number of para-hydroxylation sites is 1. The molecule has 4 rings (SSSR count). The summed E-state index contributed by atoms with van der Waals surface area (Å²) in [5.74, 6) is 1.06. The predicted octanol–water partition coefficient (Wildman–Crippen LogP) is 2.48. The highest BCUT2D eigenvalue weighted by molar-refractivity contribution is 5.79. The second-order valence-corrected chi connectivity index (χ2v) is 6.18. The molecule has 0 saturated carbocycles. The quantitative estimate of drug-likeness (QED) is 0.778. The number of benzene rings is 1. The SMILES string of the molecule is Cc1nn(-c2ccccc2)c(C)c1-c1cnc([C@@H]2CNC(=O)C2)[nH]1. The minimum Gasteiger partial charge on any atom is -0.355 e. The molecule has 0 radical (unpaired) electrons. The van der Waals surface area contributed by atoms with Crippen LogP contribution in [0.15, 0.2) is 36.5 Å². The van der Waals surface area contributed by atoms with Gasteiger partial charge in [-0.1, -0.05) is 18.2 Å². The fraction of sp³-hybridized carbons (Fsp3) is 0.278. The van der Waals surface area contributed by atoms with Crippen LogP contribution in [0, 0.1) is 13.8 Å². The third-order valence-electron chi connectivity index (χ3n) is 4.52. The minimum atomic E-state index is 0.0854. The lowest BCUT2D eigenvalue weighted by Gasteiger charge is -2.05. The Kier molecular flexibility index (Phi) is 3.45. The van der Waals surface area contributed by atoms with Crippen LogP contribution in [0.25, 0.3) is 16.9 Å². The van der Waals surface area contributed by atoms with Crippen molar-refractivity contribution < 1.29 is 4.79 Å². The van der Waals surface area contributed by atoms with Gasteiger partial charge in [0.05, 0.1) is 29.0 Å².